The SMILES string of the molecule is CCCNC(=O)CCNC(=O)C1(N)C2CCCOC2C1(C)C. The molecular formula is C16H29N3O3. The van der Waals surface area contributed by atoms with Crippen LogP contribution in [0.4, 0.5) is 0 Å². The van der Waals surface area contributed by atoms with Gasteiger partial charge >= 0.3 is 0 Å². The van der Waals surface area contributed by atoms with Crippen molar-refractivity contribution in [3.8, 4) is 0 Å². The summed E-state index contributed by atoms with van der Waals surface area (Å²) in [4.78, 5) is 24.1. The Hall–Kier alpha value is -1.14. The first-order chi connectivity index (χ1) is 10.4. The molecule has 0 aromatic heterocycles. The minimum Gasteiger partial charge on any atom is -0.377 e. The monoisotopic (exact) mass is 311 g/mol. The molecule has 0 aromatic rings. The summed E-state index contributed by atoms with van der Waals surface area (Å²) >= 11 is 0. The Morgan fingerprint density at radius 3 is 2.68 bits per heavy atom. The third kappa shape index (κ3) is 2.74. The number of nitrogens with one attached hydrogen (secondary N) is 2. The zero-order valence-electron chi connectivity index (χ0n) is 13.9. The third-order valence-electron chi connectivity index (χ3n) is 5.27. The molecule has 6 nitrogen and oxygen atoms in total. The lowest BCUT2D eigenvalue weighted by molar-refractivity contribution is -0.225. The number of rotatable bonds is 6. The van der Waals surface area contributed by atoms with Crippen molar-refractivity contribution in [2.24, 2.45) is 17.1 Å². The van der Waals surface area contributed by atoms with E-state index in [4.69, 9.17) is 10.5 Å². The van der Waals surface area contributed by atoms with Crippen LogP contribution in [0.25, 0.3) is 0 Å². The van der Waals surface area contributed by atoms with Gasteiger partial charge in [0.15, 0.2) is 0 Å². The first-order valence-corrected chi connectivity index (χ1v) is 8.31. The van der Waals surface area contributed by atoms with Crippen LogP contribution in [0.15, 0.2) is 0 Å². The van der Waals surface area contributed by atoms with Crippen LogP contribution in [-0.2, 0) is 14.3 Å². The van der Waals surface area contributed by atoms with Gasteiger partial charge in [-0.15, -0.1) is 0 Å². The van der Waals surface area contributed by atoms with Gasteiger partial charge in [0, 0.05) is 37.5 Å². The highest BCUT2D eigenvalue weighted by molar-refractivity contribution is 5.90. The van der Waals surface area contributed by atoms with Crippen LogP contribution in [0.5, 0.6) is 0 Å². The van der Waals surface area contributed by atoms with E-state index in [2.05, 4.69) is 10.6 Å². The lowest BCUT2D eigenvalue weighted by Gasteiger charge is -2.65. The van der Waals surface area contributed by atoms with Crippen molar-refractivity contribution in [2.45, 2.75) is 58.1 Å². The molecule has 2 amide bonds. The predicted octanol–water partition coefficient (Wildman–Crippen LogP) is 0.551. The highest BCUT2D eigenvalue weighted by atomic mass is 16.5. The molecule has 1 heterocycles. The van der Waals surface area contributed by atoms with Crippen LogP contribution in [0.3, 0.4) is 0 Å². The molecule has 4 N–H and O–H groups in total. The quantitative estimate of drug-likeness (QED) is 0.668. The Morgan fingerprint density at radius 2 is 2.00 bits per heavy atom. The molecule has 3 atom stereocenters. The Labute approximate surface area is 132 Å². The summed E-state index contributed by atoms with van der Waals surface area (Å²) in [7, 11) is 0. The Balaban J connectivity index is 1.87. The van der Waals surface area contributed by atoms with Gasteiger partial charge in [0.05, 0.1) is 6.10 Å². The molecule has 22 heavy (non-hydrogen) atoms. The van der Waals surface area contributed by atoms with E-state index in [1.165, 1.54) is 0 Å². The van der Waals surface area contributed by atoms with Gasteiger partial charge in [0.2, 0.25) is 11.8 Å². The van der Waals surface area contributed by atoms with Crippen molar-refractivity contribution in [1.29, 1.82) is 0 Å². The average molecular weight is 311 g/mol. The average Bonchev–Trinajstić information content (AvgIpc) is 2.51. The second-order valence-electron chi connectivity index (χ2n) is 6.99. The molecule has 2 rings (SSSR count). The molecule has 6 heteroatoms. The first kappa shape index (κ1) is 17.2. The van der Waals surface area contributed by atoms with Crippen LogP contribution in [0.1, 0.15) is 46.5 Å². The maximum Gasteiger partial charge on any atom is 0.241 e. The van der Waals surface area contributed by atoms with Crippen molar-refractivity contribution < 1.29 is 14.3 Å². The summed E-state index contributed by atoms with van der Waals surface area (Å²) in [6.45, 7) is 7.73. The van der Waals surface area contributed by atoms with Gasteiger partial charge in [0.25, 0.3) is 0 Å². The fourth-order valence-corrected chi connectivity index (χ4v) is 3.83. The minimum atomic E-state index is -0.905. The predicted molar refractivity (Wildman–Crippen MR) is 84.1 cm³/mol. The minimum absolute atomic E-state index is 0.0417. The largest absolute Gasteiger partial charge is 0.377 e. The fourth-order valence-electron chi connectivity index (χ4n) is 3.83. The molecular weight excluding hydrogens is 282 g/mol. The summed E-state index contributed by atoms with van der Waals surface area (Å²) in [5, 5.41) is 5.63. The topological polar surface area (TPSA) is 93.5 Å². The Kier molecular flexibility index (Phi) is 5.12. The highest BCUT2D eigenvalue weighted by Gasteiger charge is 2.70. The molecule has 2 fully saturated rings. The molecule has 126 valence electrons. The zero-order chi connectivity index (χ0) is 16.4. The van der Waals surface area contributed by atoms with Gasteiger partial charge in [-0.1, -0.05) is 20.8 Å². The fraction of sp³-hybridized carbons (Fsp3) is 0.875. The van der Waals surface area contributed by atoms with E-state index in [9.17, 15) is 9.59 Å². The lowest BCUT2D eigenvalue weighted by atomic mass is 9.46. The molecule has 0 radical (unpaired) electrons. The number of carbonyl (C=O) groups excluding carboxylic acids is 2. The van der Waals surface area contributed by atoms with E-state index in [0.29, 0.717) is 13.1 Å². The van der Waals surface area contributed by atoms with Crippen LogP contribution < -0.4 is 16.4 Å². The van der Waals surface area contributed by atoms with Crippen molar-refractivity contribution in [1.82, 2.24) is 10.6 Å². The number of fused-ring (bicyclic) bond motifs is 1. The molecule has 1 saturated heterocycles. The molecule has 0 aromatic carbocycles. The number of ether oxygens (including phenoxy) is 1. The van der Waals surface area contributed by atoms with Crippen LogP contribution in [0.2, 0.25) is 0 Å². The number of nitrogens with two attached hydrogens (primary N) is 1. The smallest absolute Gasteiger partial charge is 0.241 e. The van der Waals surface area contributed by atoms with Gasteiger partial charge in [0.1, 0.15) is 5.54 Å². The normalized spacial score (nSPS) is 32.5. The molecule has 1 saturated carbocycles. The van der Waals surface area contributed by atoms with E-state index in [0.717, 1.165) is 25.9 Å². The van der Waals surface area contributed by atoms with Crippen LogP contribution in [-0.4, -0.2) is 43.2 Å². The summed E-state index contributed by atoms with van der Waals surface area (Å²) in [6, 6.07) is 0. The van der Waals surface area contributed by atoms with E-state index in [1.807, 2.05) is 20.8 Å². The molecule has 3 unspecified atom stereocenters. The van der Waals surface area contributed by atoms with Gasteiger partial charge in [-0.2, -0.15) is 0 Å². The number of hydrogen-bond donors (Lipinski definition) is 3. The van der Waals surface area contributed by atoms with Gasteiger partial charge < -0.3 is 21.1 Å². The van der Waals surface area contributed by atoms with Gasteiger partial charge in [-0.05, 0) is 19.3 Å². The number of hydrogen-bond acceptors (Lipinski definition) is 4. The van der Waals surface area contributed by atoms with Crippen molar-refractivity contribution in [3.05, 3.63) is 0 Å². The second-order valence-corrected chi connectivity index (χ2v) is 6.99. The number of amides is 2. The molecule has 1 aliphatic carbocycles. The molecule has 1 aliphatic heterocycles. The molecule has 0 bridgehead atoms. The summed E-state index contributed by atoms with van der Waals surface area (Å²) in [6.07, 6.45) is 3.12. The van der Waals surface area contributed by atoms with Crippen LogP contribution in [0, 0.1) is 11.3 Å². The van der Waals surface area contributed by atoms with E-state index in [-0.39, 0.29) is 35.7 Å². The standard InChI is InChI=1S/C16H29N3O3/c1-4-8-18-12(20)7-9-19-14(21)16(17)11-6-5-10-22-13(11)15(16,2)3/h11,13H,4-10,17H2,1-3H3,(H,18,20)(H,19,21). The van der Waals surface area contributed by atoms with E-state index in [1.54, 1.807) is 0 Å². The molecule has 0 spiro atoms. The summed E-state index contributed by atoms with van der Waals surface area (Å²) in [5.41, 5.74) is 5.20. The third-order valence-corrected chi connectivity index (χ3v) is 5.27. The van der Waals surface area contributed by atoms with Crippen LogP contribution >= 0.6 is 0 Å². The molecule has 2 aliphatic rings. The highest BCUT2D eigenvalue weighted by Crippen LogP contribution is 2.57. The van der Waals surface area contributed by atoms with Crippen molar-refractivity contribution in [3.63, 3.8) is 0 Å². The summed E-state index contributed by atoms with van der Waals surface area (Å²) < 4.78 is 5.80. The first-order valence-electron chi connectivity index (χ1n) is 8.31. The van der Waals surface area contributed by atoms with Gasteiger partial charge in [-0.3, -0.25) is 9.59 Å². The van der Waals surface area contributed by atoms with E-state index >= 15 is 0 Å². The van der Waals surface area contributed by atoms with E-state index < -0.39 is 5.54 Å². The Morgan fingerprint density at radius 1 is 1.27 bits per heavy atom. The lowest BCUT2D eigenvalue weighted by Crippen LogP contribution is -2.82. The second kappa shape index (κ2) is 6.54. The maximum atomic E-state index is 12.6. The zero-order valence-corrected chi connectivity index (χ0v) is 13.9. The summed E-state index contributed by atoms with van der Waals surface area (Å²) in [5.74, 6) is -0.127. The van der Waals surface area contributed by atoms with Crippen molar-refractivity contribution in [2.75, 3.05) is 19.7 Å². The Bertz CT molecular complexity index is 438. The van der Waals surface area contributed by atoms with Gasteiger partial charge in [-0.25, -0.2) is 0 Å². The number of carbonyl (C=O) groups is 2. The maximum absolute atomic E-state index is 12.6. The van der Waals surface area contributed by atoms with Crippen molar-refractivity contribution >= 4 is 11.8 Å².